The highest BCUT2D eigenvalue weighted by Crippen LogP contribution is 2.28. The topological polar surface area (TPSA) is 81.2 Å². The number of nitrogens with two attached hydrogens (primary N) is 1. The summed E-state index contributed by atoms with van der Waals surface area (Å²) >= 11 is 3.36. The second-order valence-corrected chi connectivity index (χ2v) is 4.38. The molecule has 0 fully saturated rings. The molecule has 0 bridgehead atoms. The molecule has 1 heterocycles. The quantitative estimate of drug-likeness (QED) is 0.835. The van der Waals surface area contributed by atoms with Crippen LogP contribution in [0.3, 0.4) is 0 Å². The summed E-state index contributed by atoms with van der Waals surface area (Å²) in [6.45, 7) is 1.89. The first-order valence-electron chi connectivity index (χ1n) is 4.85. The highest BCUT2D eigenvalue weighted by molar-refractivity contribution is 9.10. The summed E-state index contributed by atoms with van der Waals surface area (Å²) in [5.74, 6) is -0.345. The van der Waals surface area contributed by atoms with Crippen molar-refractivity contribution in [1.82, 2.24) is 5.16 Å². The van der Waals surface area contributed by atoms with Gasteiger partial charge in [-0.3, -0.25) is 4.79 Å². The molecule has 0 saturated heterocycles. The lowest BCUT2D eigenvalue weighted by Crippen LogP contribution is -2.13. The Morgan fingerprint density at radius 1 is 1.53 bits per heavy atom. The molecule has 1 amide bonds. The van der Waals surface area contributed by atoms with Crippen LogP contribution < -0.4 is 11.1 Å². The Hall–Kier alpha value is -1.82. The number of nitrogens with one attached hydrogen (secondary N) is 1. The van der Waals surface area contributed by atoms with Gasteiger partial charge in [-0.1, -0.05) is 5.16 Å². The number of aryl methyl sites for hydroxylation is 1. The fourth-order valence-corrected chi connectivity index (χ4v) is 1.86. The van der Waals surface area contributed by atoms with Gasteiger partial charge in [-0.2, -0.15) is 0 Å². The lowest BCUT2D eigenvalue weighted by Gasteiger charge is -2.08. The SMILES string of the molecule is Cc1cc(Br)c(NC(=O)c2ccon2)cc1N. The summed E-state index contributed by atoms with van der Waals surface area (Å²) < 4.78 is 5.36. The van der Waals surface area contributed by atoms with Crippen LogP contribution in [0, 0.1) is 6.92 Å². The van der Waals surface area contributed by atoms with Crippen molar-refractivity contribution < 1.29 is 9.32 Å². The van der Waals surface area contributed by atoms with Crippen molar-refractivity contribution in [2.45, 2.75) is 6.92 Å². The number of hydrogen-bond acceptors (Lipinski definition) is 4. The van der Waals surface area contributed by atoms with Crippen molar-refractivity contribution in [3.05, 3.63) is 40.2 Å². The minimum Gasteiger partial charge on any atom is -0.398 e. The molecular weight excluding hydrogens is 286 g/mol. The zero-order valence-corrected chi connectivity index (χ0v) is 10.6. The average Bonchev–Trinajstić information content (AvgIpc) is 2.79. The maximum absolute atomic E-state index is 11.7. The lowest BCUT2D eigenvalue weighted by molar-refractivity contribution is 0.101. The van der Waals surface area contributed by atoms with Crippen molar-refractivity contribution in [3.63, 3.8) is 0 Å². The van der Waals surface area contributed by atoms with Crippen LogP contribution in [0.4, 0.5) is 11.4 Å². The molecule has 6 heteroatoms. The number of aromatic nitrogens is 1. The average molecular weight is 296 g/mol. The van der Waals surface area contributed by atoms with E-state index in [-0.39, 0.29) is 11.6 Å². The first-order chi connectivity index (χ1) is 8.08. The summed E-state index contributed by atoms with van der Waals surface area (Å²) in [4.78, 5) is 11.7. The molecule has 3 N–H and O–H groups in total. The van der Waals surface area contributed by atoms with Crippen LogP contribution in [0.1, 0.15) is 16.1 Å². The number of carbonyl (C=O) groups excluding carboxylic acids is 1. The van der Waals surface area contributed by atoms with Crippen LogP contribution in [0.5, 0.6) is 0 Å². The molecule has 0 unspecified atom stereocenters. The summed E-state index contributed by atoms with van der Waals surface area (Å²) in [5.41, 5.74) is 8.15. The maximum Gasteiger partial charge on any atom is 0.277 e. The zero-order chi connectivity index (χ0) is 12.4. The standard InChI is InChI=1S/C11H10BrN3O2/c1-6-4-7(12)10(5-8(6)13)14-11(16)9-2-3-17-15-9/h2-5H,13H2,1H3,(H,14,16). The maximum atomic E-state index is 11.7. The summed E-state index contributed by atoms with van der Waals surface area (Å²) in [7, 11) is 0. The van der Waals surface area contributed by atoms with Crippen LogP contribution in [-0.2, 0) is 0 Å². The summed E-state index contributed by atoms with van der Waals surface area (Å²) in [6, 6.07) is 5.02. The van der Waals surface area contributed by atoms with Gasteiger partial charge in [0, 0.05) is 16.2 Å². The minimum atomic E-state index is -0.345. The van der Waals surface area contributed by atoms with Gasteiger partial charge < -0.3 is 15.6 Å². The van der Waals surface area contributed by atoms with Crippen LogP contribution in [-0.4, -0.2) is 11.1 Å². The summed E-state index contributed by atoms with van der Waals surface area (Å²) in [5, 5.41) is 6.24. The molecule has 1 aromatic heterocycles. The van der Waals surface area contributed by atoms with E-state index in [4.69, 9.17) is 5.73 Å². The fourth-order valence-electron chi connectivity index (χ4n) is 1.30. The molecule has 0 aliphatic carbocycles. The smallest absolute Gasteiger partial charge is 0.277 e. The number of amides is 1. The number of rotatable bonds is 2. The number of anilines is 2. The number of halogens is 1. The normalized spacial score (nSPS) is 10.2. The van der Waals surface area contributed by atoms with Crippen molar-refractivity contribution in [1.29, 1.82) is 0 Å². The first kappa shape index (κ1) is 11.7. The zero-order valence-electron chi connectivity index (χ0n) is 9.03. The molecule has 0 aliphatic rings. The molecule has 88 valence electrons. The Kier molecular flexibility index (Phi) is 3.14. The van der Waals surface area contributed by atoms with E-state index in [1.807, 2.05) is 13.0 Å². The Bertz CT molecular complexity index is 552. The lowest BCUT2D eigenvalue weighted by atomic mass is 10.2. The number of carbonyl (C=O) groups is 1. The highest BCUT2D eigenvalue weighted by Gasteiger charge is 2.11. The van der Waals surface area contributed by atoms with Crippen molar-refractivity contribution in [2.75, 3.05) is 11.1 Å². The molecule has 1 aromatic carbocycles. The Morgan fingerprint density at radius 2 is 2.29 bits per heavy atom. The number of hydrogen-bond donors (Lipinski definition) is 2. The minimum absolute atomic E-state index is 0.219. The second kappa shape index (κ2) is 4.58. The van der Waals surface area contributed by atoms with Gasteiger partial charge in [0.1, 0.15) is 6.26 Å². The van der Waals surface area contributed by atoms with Gasteiger partial charge in [0.05, 0.1) is 5.69 Å². The Morgan fingerprint density at radius 3 is 2.94 bits per heavy atom. The third kappa shape index (κ3) is 2.47. The van der Waals surface area contributed by atoms with Gasteiger partial charge in [0.2, 0.25) is 0 Å². The molecule has 5 nitrogen and oxygen atoms in total. The number of nitrogen functional groups attached to an aromatic ring is 1. The van der Waals surface area contributed by atoms with E-state index in [0.717, 1.165) is 10.0 Å². The molecule has 0 spiro atoms. The first-order valence-corrected chi connectivity index (χ1v) is 5.64. The van der Waals surface area contributed by atoms with Gasteiger partial charge in [0.25, 0.3) is 5.91 Å². The predicted molar refractivity (Wildman–Crippen MR) is 67.7 cm³/mol. The molecule has 2 rings (SSSR count). The molecule has 0 aliphatic heterocycles. The van der Waals surface area contributed by atoms with Gasteiger partial charge in [-0.05, 0) is 40.5 Å². The van der Waals surface area contributed by atoms with E-state index in [9.17, 15) is 4.79 Å². The monoisotopic (exact) mass is 295 g/mol. The van der Waals surface area contributed by atoms with Gasteiger partial charge in [-0.25, -0.2) is 0 Å². The largest absolute Gasteiger partial charge is 0.398 e. The van der Waals surface area contributed by atoms with Crippen LogP contribution in [0.25, 0.3) is 0 Å². The molecular formula is C11H10BrN3O2. The Balaban J connectivity index is 2.25. The predicted octanol–water partition coefficient (Wildman–Crippen LogP) is 2.58. The fraction of sp³-hybridized carbons (Fsp3) is 0.0909. The highest BCUT2D eigenvalue weighted by atomic mass is 79.9. The third-order valence-corrected chi connectivity index (χ3v) is 2.93. The van der Waals surface area contributed by atoms with E-state index in [0.29, 0.717) is 11.4 Å². The van der Waals surface area contributed by atoms with Crippen molar-refractivity contribution in [2.24, 2.45) is 0 Å². The van der Waals surface area contributed by atoms with Crippen LogP contribution >= 0.6 is 15.9 Å². The van der Waals surface area contributed by atoms with Gasteiger partial charge in [-0.15, -0.1) is 0 Å². The molecule has 0 atom stereocenters. The molecule has 0 radical (unpaired) electrons. The van der Waals surface area contributed by atoms with Crippen LogP contribution in [0.15, 0.2) is 33.5 Å². The molecule has 2 aromatic rings. The van der Waals surface area contributed by atoms with E-state index in [1.165, 1.54) is 12.3 Å². The van der Waals surface area contributed by atoms with E-state index < -0.39 is 0 Å². The van der Waals surface area contributed by atoms with Gasteiger partial charge >= 0.3 is 0 Å². The second-order valence-electron chi connectivity index (χ2n) is 3.53. The van der Waals surface area contributed by atoms with E-state index in [1.54, 1.807) is 6.07 Å². The van der Waals surface area contributed by atoms with Crippen LogP contribution in [0.2, 0.25) is 0 Å². The van der Waals surface area contributed by atoms with E-state index in [2.05, 4.69) is 30.9 Å². The Labute approximate surface area is 106 Å². The molecule has 17 heavy (non-hydrogen) atoms. The number of nitrogens with zero attached hydrogens (tertiary/aromatic N) is 1. The molecule has 0 saturated carbocycles. The van der Waals surface area contributed by atoms with E-state index >= 15 is 0 Å². The number of benzene rings is 1. The van der Waals surface area contributed by atoms with Crippen molar-refractivity contribution >= 4 is 33.2 Å². The summed E-state index contributed by atoms with van der Waals surface area (Å²) in [6.07, 6.45) is 1.34. The third-order valence-electron chi connectivity index (χ3n) is 2.27. The van der Waals surface area contributed by atoms with Crippen molar-refractivity contribution in [3.8, 4) is 0 Å². The van der Waals surface area contributed by atoms with Gasteiger partial charge in [0.15, 0.2) is 5.69 Å².